The van der Waals surface area contributed by atoms with E-state index in [9.17, 15) is 0 Å². The summed E-state index contributed by atoms with van der Waals surface area (Å²) < 4.78 is 0. The first-order chi connectivity index (χ1) is 7.88. The van der Waals surface area contributed by atoms with E-state index in [4.69, 9.17) is 9.78 Å². The Hall–Kier alpha value is -0.860. The molecule has 1 aromatic carbocycles. The molecule has 1 saturated carbocycles. The molecule has 0 amide bonds. The van der Waals surface area contributed by atoms with E-state index in [1.807, 2.05) is 6.07 Å². The van der Waals surface area contributed by atoms with Crippen LogP contribution in [0.25, 0.3) is 0 Å². The zero-order valence-electron chi connectivity index (χ0n) is 9.52. The van der Waals surface area contributed by atoms with Crippen LogP contribution < -0.4 is 0 Å². The first kappa shape index (κ1) is 10.3. The van der Waals surface area contributed by atoms with E-state index in [1.54, 1.807) is 0 Å². The molecular weight excluding hydrogens is 200 g/mol. The summed E-state index contributed by atoms with van der Waals surface area (Å²) in [5.74, 6) is 0. The average Bonchev–Trinajstić information content (AvgIpc) is 2.75. The molecule has 1 heterocycles. The molecule has 0 radical (unpaired) electrons. The molecule has 0 unspecified atom stereocenters. The van der Waals surface area contributed by atoms with E-state index in [-0.39, 0.29) is 11.7 Å². The van der Waals surface area contributed by atoms with Crippen molar-refractivity contribution in [1.82, 2.24) is 0 Å². The minimum atomic E-state index is 0.0265. The Labute approximate surface area is 96.5 Å². The molecule has 16 heavy (non-hydrogen) atoms. The summed E-state index contributed by atoms with van der Waals surface area (Å²) in [5, 5.41) is 0. The minimum Gasteiger partial charge on any atom is -0.229 e. The Morgan fingerprint density at radius 1 is 1.00 bits per heavy atom. The van der Waals surface area contributed by atoms with E-state index >= 15 is 0 Å². The molecule has 86 valence electrons. The third-order valence-electron chi connectivity index (χ3n) is 3.83. The Morgan fingerprint density at radius 3 is 2.50 bits per heavy atom. The molecule has 2 nitrogen and oxygen atoms in total. The Balaban J connectivity index is 1.73. The molecule has 2 aliphatic rings. The third kappa shape index (κ3) is 1.87. The van der Waals surface area contributed by atoms with Crippen LogP contribution >= 0.6 is 0 Å². The van der Waals surface area contributed by atoms with Gasteiger partial charge in [-0.25, -0.2) is 9.78 Å². The molecular formula is C14H18O2. The predicted molar refractivity (Wildman–Crippen MR) is 61.8 cm³/mol. The van der Waals surface area contributed by atoms with Gasteiger partial charge in [-0.3, -0.25) is 0 Å². The first-order valence-electron chi connectivity index (χ1n) is 6.27. The second kappa shape index (κ2) is 4.19. The largest absolute Gasteiger partial charge is 0.229 e. The summed E-state index contributed by atoms with van der Waals surface area (Å²) in [7, 11) is 0. The Kier molecular flexibility index (Phi) is 2.70. The van der Waals surface area contributed by atoms with Crippen molar-refractivity contribution in [1.29, 1.82) is 0 Å². The Bertz CT molecular complexity index is 341. The van der Waals surface area contributed by atoms with Crippen LogP contribution in [0.5, 0.6) is 0 Å². The van der Waals surface area contributed by atoms with Crippen LogP contribution in [0.3, 0.4) is 0 Å². The summed E-state index contributed by atoms with van der Waals surface area (Å²) in [6.45, 7) is 0. The van der Waals surface area contributed by atoms with E-state index in [0.29, 0.717) is 0 Å². The second-order valence-corrected chi connectivity index (χ2v) is 5.03. The molecule has 2 fully saturated rings. The minimum absolute atomic E-state index is 0.0265. The lowest BCUT2D eigenvalue weighted by atomic mass is 9.80. The number of hydrogen-bond acceptors (Lipinski definition) is 2. The fourth-order valence-electron chi connectivity index (χ4n) is 2.89. The molecule has 1 atom stereocenters. The summed E-state index contributed by atoms with van der Waals surface area (Å²) in [6.07, 6.45) is 7.40. The van der Waals surface area contributed by atoms with Crippen LogP contribution in [0.4, 0.5) is 0 Å². The van der Waals surface area contributed by atoms with E-state index in [2.05, 4.69) is 24.3 Å². The molecule has 0 N–H and O–H groups in total. The van der Waals surface area contributed by atoms with Gasteiger partial charge in [0.2, 0.25) is 0 Å². The van der Waals surface area contributed by atoms with E-state index < -0.39 is 0 Å². The van der Waals surface area contributed by atoms with E-state index in [1.165, 1.54) is 24.8 Å². The van der Waals surface area contributed by atoms with Gasteiger partial charge in [-0.15, -0.1) is 0 Å². The van der Waals surface area contributed by atoms with Gasteiger partial charge in [0.25, 0.3) is 0 Å². The van der Waals surface area contributed by atoms with Crippen molar-refractivity contribution in [3.63, 3.8) is 0 Å². The van der Waals surface area contributed by atoms with Crippen LogP contribution in [-0.2, 0) is 9.78 Å². The first-order valence-corrected chi connectivity index (χ1v) is 6.27. The fraction of sp³-hybridized carbons (Fsp3) is 0.571. The van der Waals surface area contributed by atoms with Crippen molar-refractivity contribution in [3.05, 3.63) is 35.9 Å². The number of hydrogen-bond donors (Lipinski definition) is 0. The molecule has 1 spiro atoms. The van der Waals surface area contributed by atoms with Gasteiger partial charge in [0.1, 0.15) is 11.7 Å². The van der Waals surface area contributed by atoms with Gasteiger partial charge in [0.05, 0.1) is 0 Å². The van der Waals surface area contributed by atoms with Gasteiger partial charge in [0, 0.05) is 6.42 Å². The highest BCUT2D eigenvalue weighted by atomic mass is 17.2. The van der Waals surface area contributed by atoms with Crippen molar-refractivity contribution in [3.8, 4) is 0 Å². The van der Waals surface area contributed by atoms with Crippen LogP contribution in [0.2, 0.25) is 0 Å². The average molecular weight is 218 g/mol. The normalized spacial score (nSPS) is 28.4. The highest BCUT2D eigenvalue weighted by molar-refractivity contribution is 5.18. The van der Waals surface area contributed by atoms with Crippen molar-refractivity contribution < 1.29 is 9.78 Å². The van der Waals surface area contributed by atoms with Gasteiger partial charge in [-0.05, 0) is 18.4 Å². The Morgan fingerprint density at radius 2 is 1.75 bits per heavy atom. The summed E-state index contributed by atoms with van der Waals surface area (Å²) in [5.41, 5.74) is 1.27. The lowest BCUT2D eigenvalue weighted by molar-refractivity contribution is -0.333. The summed E-state index contributed by atoms with van der Waals surface area (Å²) in [4.78, 5) is 11.2. The van der Waals surface area contributed by atoms with Gasteiger partial charge in [-0.1, -0.05) is 49.6 Å². The highest BCUT2D eigenvalue weighted by Gasteiger charge is 2.43. The molecule has 0 aromatic heterocycles. The standard InChI is InChI=1S/C14H18O2/c1-3-7-12(8-4-1)13-11-14(16-15-13)9-5-2-6-10-14/h1,3-4,7-8,13H,2,5-6,9-11H2/t13-/m0/s1. The molecule has 1 aromatic rings. The lowest BCUT2D eigenvalue weighted by Crippen LogP contribution is -2.30. The molecule has 1 saturated heterocycles. The molecule has 3 rings (SSSR count). The highest BCUT2D eigenvalue weighted by Crippen LogP contribution is 2.45. The summed E-state index contributed by atoms with van der Waals surface area (Å²) in [6, 6.07) is 10.4. The zero-order valence-corrected chi connectivity index (χ0v) is 9.52. The molecule has 1 aliphatic carbocycles. The van der Waals surface area contributed by atoms with Crippen LogP contribution in [0.15, 0.2) is 30.3 Å². The topological polar surface area (TPSA) is 18.5 Å². The maximum Gasteiger partial charge on any atom is 0.121 e. The van der Waals surface area contributed by atoms with Crippen LogP contribution in [0.1, 0.15) is 50.2 Å². The molecule has 2 heteroatoms. The maximum atomic E-state index is 5.65. The monoisotopic (exact) mass is 218 g/mol. The lowest BCUT2D eigenvalue weighted by Gasteiger charge is -2.29. The third-order valence-corrected chi connectivity index (χ3v) is 3.83. The van der Waals surface area contributed by atoms with Crippen LogP contribution in [-0.4, -0.2) is 5.60 Å². The van der Waals surface area contributed by atoms with Gasteiger partial charge < -0.3 is 0 Å². The zero-order chi connectivity index (χ0) is 10.8. The second-order valence-electron chi connectivity index (χ2n) is 5.03. The quantitative estimate of drug-likeness (QED) is 0.668. The van der Waals surface area contributed by atoms with Crippen molar-refractivity contribution in [2.45, 2.75) is 50.2 Å². The fourth-order valence-corrected chi connectivity index (χ4v) is 2.89. The summed E-state index contributed by atoms with van der Waals surface area (Å²) >= 11 is 0. The van der Waals surface area contributed by atoms with Crippen LogP contribution in [0, 0.1) is 0 Å². The molecule has 1 aliphatic heterocycles. The van der Waals surface area contributed by atoms with Crippen molar-refractivity contribution in [2.24, 2.45) is 0 Å². The van der Waals surface area contributed by atoms with Crippen molar-refractivity contribution >= 4 is 0 Å². The smallest absolute Gasteiger partial charge is 0.121 e. The SMILES string of the molecule is c1ccc([C@@H]2CC3(CCCCC3)OO2)cc1. The maximum absolute atomic E-state index is 5.65. The van der Waals surface area contributed by atoms with Gasteiger partial charge in [-0.2, -0.15) is 0 Å². The number of benzene rings is 1. The number of rotatable bonds is 1. The van der Waals surface area contributed by atoms with Gasteiger partial charge in [0.15, 0.2) is 0 Å². The van der Waals surface area contributed by atoms with Crippen molar-refractivity contribution in [2.75, 3.05) is 0 Å². The van der Waals surface area contributed by atoms with Gasteiger partial charge >= 0.3 is 0 Å². The molecule has 0 bridgehead atoms. The predicted octanol–water partition coefficient (Wildman–Crippen LogP) is 3.78. The van der Waals surface area contributed by atoms with E-state index in [0.717, 1.165) is 19.3 Å².